The van der Waals surface area contributed by atoms with Crippen LogP contribution < -0.4 is 11.1 Å². The molecule has 2 heterocycles. The second kappa shape index (κ2) is 5.82. The van der Waals surface area contributed by atoms with Crippen LogP contribution in [0.3, 0.4) is 0 Å². The molecule has 1 aromatic heterocycles. The van der Waals surface area contributed by atoms with Gasteiger partial charge in [0.2, 0.25) is 5.91 Å². The van der Waals surface area contributed by atoms with Crippen LogP contribution in [0.1, 0.15) is 30.1 Å². The van der Waals surface area contributed by atoms with Crippen molar-refractivity contribution in [2.75, 3.05) is 18.4 Å². The molecule has 1 unspecified atom stereocenters. The van der Waals surface area contributed by atoms with Gasteiger partial charge in [-0.2, -0.15) is 0 Å². The Labute approximate surface area is 125 Å². The molecule has 7 nitrogen and oxygen atoms in total. The average Bonchev–Trinajstić information content (AvgIpc) is 2.98. The minimum absolute atomic E-state index is 0.0289. The fourth-order valence-electron chi connectivity index (χ4n) is 2.45. The van der Waals surface area contributed by atoms with Crippen molar-refractivity contribution in [1.29, 1.82) is 0 Å². The smallest absolute Gasteiger partial charge is 0.323 e. The van der Waals surface area contributed by atoms with Gasteiger partial charge in [0.25, 0.3) is 5.91 Å². The van der Waals surface area contributed by atoms with E-state index in [1.54, 1.807) is 23.3 Å². The standard InChI is InChI=1S/C13H17N3O4S/c1-13(12(19)20)4-2-5-16(13)7-9(17)15-11-8(10(14)18)3-6-21-11/h3,6H,2,4-5,7H2,1H3,(H2,14,18)(H,15,17)(H,19,20). The summed E-state index contributed by atoms with van der Waals surface area (Å²) < 4.78 is 0. The number of thiophene rings is 1. The number of anilines is 1. The summed E-state index contributed by atoms with van der Waals surface area (Å²) in [5.74, 6) is -1.89. The predicted octanol–water partition coefficient (Wildman–Crippen LogP) is 0.725. The fraction of sp³-hybridized carbons (Fsp3) is 0.462. The SMILES string of the molecule is CC1(C(=O)O)CCCN1CC(=O)Nc1sccc1C(N)=O. The number of hydrogen-bond donors (Lipinski definition) is 3. The maximum Gasteiger partial charge on any atom is 0.323 e. The van der Waals surface area contributed by atoms with Crippen molar-refractivity contribution in [2.45, 2.75) is 25.3 Å². The number of aliphatic carboxylic acids is 1. The monoisotopic (exact) mass is 311 g/mol. The Balaban J connectivity index is 2.03. The van der Waals surface area contributed by atoms with E-state index in [-0.39, 0.29) is 18.0 Å². The van der Waals surface area contributed by atoms with Gasteiger partial charge in [0.05, 0.1) is 12.1 Å². The first-order valence-corrected chi connectivity index (χ1v) is 7.38. The summed E-state index contributed by atoms with van der Waals surface area (Å²) in [6.45, 7) is 2.15. The van der Waals surface area contributed by atoms with Crippen LogP contribution in [-0.2, 0) is 9.59 Å². The van der Waals surface area contributed by atoms with E-state index < -0.39 is 17.4 Å². The molecular formula is C13H17N3O4S. The zero-order valence-electron chi connectivity index (χ0n) is 11.6. The second-order valence-corrected chi connectivity index (χ2v) is 6.10. The van der Waals surface area contributed by atoms with Crippen LogP contribution in [0.4, 0.5) is 5.00 Å². The van der Waals surface area contributed by atoms with E-state index in [0.29, 0.717) is 18.0 Å². The summed E-state index contributed by atoms with van der Waals surface area (Å²) in [7, 11) is 0. The van der Waals surface area contributed by atoms with Gasteiger partial charge in [-0.25, -0.2) is 0 Å². The normalized spacial score (nSPS) is 22.1. The number of amides is 2. The number of nitrogens with two attached hydrogens (primary N) is 1. The van der Waals surface area contributed by atoms with Gasteiger partial charge in [0.15, 0.2) is 0 Å². The van der Waals surface area contributed by atoms with E-state index in [1.165, 1.54) is 11.3 Å². The summed E-state index contributed by atoms with van der Waals surface area (Å²) in [4.78, 5) is 36.2. The largest absolute Gasteiger partial charge is 0.480 e. The molecule has 1 aromatic rings. The number of hydrogen-bond acceptors (Lipinski definition) is 5. The number of nitrogens with one attached hydrogen (secondary N) is 1. The van der Waals surface area contributed by atoms with E-state index in [4.69, 9.17) is 5.73 Å². The zero-order chi connectivity index (χ0) is 15.6. The van der Waals surface area contributed by atoms with E-state index in [0.717, 1.165) is 6.42 Å². The lowest BCUT2D eigenvalue weighted by atomic mass is 9.99. The molecule has 0 aliphatic carbocycles. The number of primary amides is 1. The molecule has 1 aliphatic rings. The molecular weight excluding hydrogens is 294 g/mol. The molecule has 4 N–H and O–H groups in total. The zero-order valence-corrected chi connectivity index (χ0v) is 12.4. The third-order valence-corrected chi connectivity index (χ3v) is 4.60. The van der Waals surface area contributed by atoms with Gasteiger partial charge in [-0.15, -0.1) is 11.3 Å². The molecule has 2 rings (SSSR count). The van der Waals surface area contributed by atoms with Gasteiger partial charge in [-0.1, -0.05) is 0 Å². The maximum atomic E-state index is 12.1. The van der Waals surface area contributed by atoms with E-state index in [1.807, 2.05) is 0 Å². The molecule has 1 aliphatic heterocycles. The minimum Gasteiger partial charge on any atom is -0.480 e. The Bertz CT molecular complexity index is 586. The molecule has 0 spiro atoms. The average molecular weight is 311 g/mol. The highest BCUT2D eigenvalue weighted by Gasteiger charge is 2.43. The summed E-state index contributed by atoms with van der Waals surface area (Å²) in [5.41, 5.74) is 4.45. The first-order chi connectivity index (χ1) is 9.84. The van der Waals surface area contributed by atoms with Crippen LogP contribution in [0.15, 0.2) is 11.4 Å². The van der Waals surface area contributed by atoms with E-state index >= 15 is 0 Å². The molecule has 8 heteroatoms. The Morgan fingerprint density at radius 3 is 2.86 bits per heavy atom. The van der Waals surface area contributed by atoms with Crippen molar-refractivity contribution < 1.29 is 19.5 Å². The van der Waals surface area contributed by atoms with Crippen molar-refractivity contribution in [3.8, 4) is 0 Å². The van der Waals surface area contributed by atoms with Crippen molar-refractivity contribution in [3.05, 3.63) is 17.0 Å². The number of carboxylic acids is 1. The van der Waals surface area contributed by atoms with Gasteiger partial charge in [-0.05, 0) is 37.8 Å². The van der Waals surface area contributed by atoms with Crippen LogP contribution in [0.25, 0.3) is 0 Å². The third kappa shape index (κ3) is 3.06. The van der Waals surface area contributed by atoms with Crippen LogP contribution >= 0.6 is 11.3 Å². The highest BCUT2D eigenvalue weighted by atomic mass is 32.1. The Morgan fingerprint density at radius 1 is 1.52 bits per heavy atom. The number of carbonyl (C=O) groups excluding carboxylic acids is 2. The van der Waals surface area contributed by atoms with Crippen LogP contribution in [0.5, 0.6) is 0 Å². The second-order valence-electron chi connectivity index (χ2n) is 5.18. The van der Waals surface area contributed by atoms with Crippen LogP contribution in [0, 0.1) is 0 Å². The van der Waals surface area contributed by atoms with Crippen molar-refractivity contribution >= 4 is 34.1 Å². The van der Waals surface area contributed by atoms with E-state index in [2.05, 4.69) is 5.32 Å². The van der Waals surface area contributed by atoms with Crippen LogP contribution in [0.2, 0.25) is 0 Å². The molecule has 0 aromatic carbocycles. The van der Waals surface area contributed by atoms with Gasteiger partial charge in [0, 0.05) is 0 Å². The molecule has 2 amide bonds. The molecule has 1 saturated heterocycles. The van der Waals surface area contributed by atoms with Crippen molar-refractivity contribution in [2.24, 2.45) is 5.73 Å². The molecule has 0 radical (unpaired) electrons. The summed E-state index contributed by atoms with van der Waals surface area (Å²) in [6, 6.07) is 1.54. The first kappa shape index (κ1) is 15.5. The van der Waals surface area contributed by atoms with E-state index in [9.17, 15) is 19.5 Å². The molecule has 21 heavy (non-hydrogen) atoms. The molecule has 114 valence electrons. The van der Waals surface area contributed by atoms with Gasteiger partial charge in [-0.3, -0.25) is 19.3 Å². The van der Waals surface area contributed by atoms with Gasteiger partial charge < -0.3 is 16.2 Å². The van der Waals surface area contributed by atoms with Crippen LogP contribution in [-0.4, -0.2) is 46.4 Å². The lowest BCUT2D eigenvalue weighted by Crippen LogP contribution is -2.50. The molecule has 1 atom stereocenters. The minimum atomic E-state index is -1.01. The summed E-state index contributed by atoms with van der Waals surface area (Å²) >= 11 is 1.20. The third-order valence-electron chi connectivity index (χ3n) is 3.77. The highest BCUT2D eigenvalue weighted by molar-refractivity contribution is 7.14. The van der Waals surface area contributed by atoms with Crippen molar-refractivity contribution in [3.63, 3.8) is 0 Å². The Kier molecular flexibility index (Phi) is 4.29. The van der Waals surface area contributed by atoms with Gasteiger partial charge in [0.1, 0.15) is 10.5 Å². The maximum absolute atomic E-state index is 12.1. The predicted molar refractivity (Wildman–Crippen MR) is 78.3 cm³/mol. The Hall–Kier alpha value is -1.93. The molecule has 0 bridgehead atoms. The lowest BCUT2D eigenvalue weighted by molar-refractivity contribution is -0.149. The molecule has 0 saturated carbocycles. The van der Waals surface area contributed by atoms with Gasteiger partial charge >= 0.3 is 5.97 Å². The highest BCUT2D eigenvalue weighted by Crippen LogP contribution is 2.29. The number of carbonyl (C=O) groups is 3. The number of nitrogens with zero attached hydrogens (tertiary/aromatic N) is 1. The first-order valence-electron chi connectivity index (χ1n) is 6.50. The lowest BCUT2D eigenvalue weighted by Gasteiger charge is -2.30. The summed E-state index contributed by atoms with van der Waals surface area (Å²) in [6.07, 6.45) is 1.25. The fourth-order valence-corrected chi connectivity index (χ4v) is 3.26. The number of rotatable bonds is 5. The number of likely N-dealkylation sites (tertiary alicyclic amines) is 1. The topological polar surface area (TPSA) is 113 Å². The quantitative estimate of drug-likeness (QED) is 0.742. The molecule has 1 fully saturated rings. The Morgan fingerprint density at radius 2 is 2.24 bits per heavy atom. The summed E-state index contributed by atoms with van der Waals surface area (Å²) in [5, 5.41) is 14.0. The van der Waals surface area contributed by atoms with Crippen molar-refractivity contribution in [1.82, 2.24) is 4.90 Å². The number of carboxylic acid groups (broad SMARTS) is 1.